The zero-order chi connectivity index (χ0) is 14.2. The molecule has 2 rings (SSSR count). The Morgan fingerprint density at radius 2 is 2.05 bits per heavy atom. The molecule has 1 aromatic rings. The molecule has 1 heterocycles. The highest BCUT2D eigenvalue weighted by molar-refractivity contribution is 5.95. The Labute approximate surface area is 121 Å². The summed E-state index contributed by atoms with van der Waals surface area (Å²) in [6.07, 6.45) is 15.5. The van der Waals surface area contributed by atoms with Crippen molar-refractivity contribution in [2.45, 2.75) is 32.2 Å². The molecular weight excluding hydrogens is 246 g/mol. The van der Waals surface area contributed by atoms with Crippen LogP contribution in [-0.2, 0) is 0 Å². The second-order valence-corrected chi connectivity index (χ2v) is 4.87. The van der Waals surface area contributed by atoms with Crippen LogP contribution in [0.4, 0.5) is 0 Å². The van der Waals surface area contributed by atoms with E-state index in [-0.39, 0.29) is 11.9 Å². The van der Waals surface area contributed by atoms with Crippen molar-refractivity contribution in [2.24, 2.45) is 0 Å². The van der Waals surface area contributed by atoms with Crippen LogP contribution in [0.5, 0.6) is 0 Å². The lowest BCUT2D eigenvalue weighted by Crippen LogP contribution is -2.34. The van der Waals surface area contributed by atoms with E-state index in [2.05, 4.69) is 19.1 Å². The lowest BCUT2D eigenvalue weighted by molar-refractivity contribution is 0.0809. The number of carbonyl (C=O) groups is 1. The lowest BCUT2D eigenvalue weighted by Gasteiger charge is -2.26. The number of amides is 1. The zero-order valence-corrected chi connectivity index (χ0v) is 11.9. The number of unbranched alkanes of at least 4 members (excludes halogenated alkanes) is 2. The zero-order valence-electron chi connectivity index (χ0n) is 11.9. The predicted octanol–water partition coefficient (Wildman–Crippen LogP) is 4.33. The molecule has 0 aromatic heterocycles. The molecule has 1 atom stereocenters. The van der Waals surface area contributed by atoms with E-state index < -0.39 is 0 Å². The summed E-state index contributed by atoms with van der Waals surface area (Å²) in [5, 5.41) is 0. The van der Waals surface area contributed by atoms with Crippen LogP contribution in [0.3, 0.4) is 0 Å². The minimum Gasteiger partial charge on any atom is -0.305 e. The third kappa shape index (κ3) is 3.70. The largest absolute Gasteiger partial charge is 0.305 e. The van der Waals surface area contributed by atoms with Gasteiger partial charge in [-0.2, -0.15) is 0 Å². The molecular formula is C18H21NO. The SMILES string of the molecule is CCCC/C=C/C1C=CC=CN1C(=O)c1ccccc1. The fourth-order valence-electron chi connectivity index (χ4n) is 2.16. The third-order valence-electron chi connectivity index (χ3n) is 3.30. The molecule has 0 saturated heterocycles. The Balaban J connectivity index is 2.08. The van der Waals surface area contributed by atoms with Crippen LogP contribution in [0.1, 0.15) is 36.5 Å². The van der Waals surface area contributed by atoms with Crippen molar-refractivity contribution in [1.82, 2.24) is 4.90 Å². The van der Waals surface area contributed by atoms with Crippen molar-refractivity contribution >= 4 is 5.91 Å². The third-order valence-corrected chi connectivity index (χ3v) is 3.30. The van der Waals surface area contributed by atoms with Crippen LogP contribution in [0.15, 0.2) is 66.9 Å². The molecule has 0 aliphatic carbocycles. The van der Waals surface area contributed by atoms with Crippen LogP contribution in [-0.4, -0.2) is 16.8 Å². The van der Waals surface area contributed by atoms with E-state index in [0.29, 0.717) is 0 Å². The minimum absolute atomic E-state index is 0.0181. The van der Waals surface area contributed by atoms with Gasteiger partial charge < -0.3 is 4.90 Å². The predicted molar refractivity (Wildman–Crippen MR) is 83.3 cm³/mol. The van der Waals surface area contributed by atoms with Crippen LogP contribution in [0.2, 0.25) is 0 Å². The maximum atomic E-state index is 12.5. The first-order valence-corrected chi connectivity index (χ1v) is 7.22. The first-order valence-electron chi connectivity index (χ1n) is 7.22. The smallest absolute Gasteiger partial charge is 0.258 e. The molecule has 1 aliphatic heterocycles. The van der Waals surface area contributed by atoms with Gasteiger partial charge in [0, 0.05) is 11.8 Å². The van der Waals surface area contributed by atoms with Gasteiger partial charge >= 0.3 is 0 Å². The van der Waals surface area contributed by atoms with Gasteiger partial charge in [-0.25, -0.2) is 0 Å². The molecule has 2 nitrogen and oxygen atoms in total. The Morgan fingerprint density at radius 3 is 2.80 bits per heavy atom. The van der Waals surface area contributed by atoms with Gasteiger partial charge in [-0.15, -0.1) is 0 Å². The van der Waals surface area contributed by atoms with Gasteiger partial charge in [0.15, 0.2) is 0 Å². The summed E-state index contributed by atoms with van der Waals surface area (Å²) in [4.78, 5) is 14.3. The van der Waals surface area contributed by atoms with Crippen molar-refractivity contribution in [3.05, 3.63) is 72.5 Å². The minimum atomic E-state index is 0.0181. The quantitative estimate of drug-likeness (QED) is 0.574. The summed E-state index contributed by atoms with van der Waals surface area (Å²) in [5.41, 5.74) is 0.722. The van der Waals surface area contributed by atoms with Crippen LogP contribution in [0, 0.1) is 0 Å². The number of rotatable bonds is 5. The van der Waals surface area contributed by atoms with Crippen molar-refractivity contribution in [2.75, 3.05) is 0 Å². The van der Waals surface area contributed by atoms with Gasteiger partial charge in [0.2, 0.25) is 0 Å². The normalized spacial score (nSPS) is 17.9. The summed E-state index contributed by atoms with van der Waals surface area (Å²) in [7, 11) is 0. The van der Waals surface area contributed by atoms with Gasteiger partial charge in [0.1, 0.15) is 0 Å². The van der Waals surface area contributed by atoms with E-state index in [9.17, 15) is 4.79 Å². The summed E-state index contributed by atoms with van der Waals surface area (Å²) in [6.45, 7) is 2.18. The Hall–Kier alpha value is -2.09. The van der Waals surface area contributed by atoms with Crippen molar-refractivity contribution < 1.29 is 4.79 Å². The molecule has 20 heavy (non-hydrogen) atoms. The molecule has 2 heteroatoms. The summed E-state index contributed by atoms with van der Waals surface area (Å²) in [5.74, 6) is 0.0383. The Morgan fingerprint density at radius 1 is 1.25 bits per heavy atom. The number of hydrogen-bond acceptors (Lipinski definition) is 1. The second kappa shape index (κ2) is 7.49. The van der Waals surface area contributed by atoms with E-state index in [0.717, 1.165) is 12.0 Å². The fraction of sp³-hybridized carbons (Fsp3) is 0.278. The number of carbonyl (C=O) groups excluding carboxylic acids is 1. The van der Waals surface area contributed by atoms with E-state index >= 15 is 0 Å². The first kappa shape index (κ1) is 14.3. The summed E-state index contributed by atoms with van der Waals surface area (Å²) < 4.78 is 0. The van der Waals surface area contributed by atoms with E-state index in [4.69, 9.17) is 0 Å². The van der Waals surface area contributed by atoms with Crippen LogP contribution >= 0.6 is 0 Å². The molecule has 1 aromatic carbocycles. The molecule has 0 saturated carbocycles. The highest BCUT2D eigenvalue weighted by Gasteiger charge is 2.20. The highest BCUT2D eigenvalue weighted by atomic mass is 16.2. The molecule has 0 fully saturated rings. The summed E-state index contributed by atoms with van der Waals surface area (Å²) >= 11 is 0. The van der Waals surface area contributed by atoms with Crippen molar-refractivity contribution in [3.63, 3.8) is 0 Å². The van der Waals surface area contributed by atoms with Crippen molar-refractivity contribution in [1.29, 1.82) is 0 Å². The summed E-state index contributed by atoms with van der Waals surface area (Å²) in [6, 6.07) is 9.43. The maximum absolute atomic E-state index is 12.5. The topological polar surface area (TPSA) is 20.3 Å². The van der Waals surface area contributed by atoms with Gasteiger partial charge in [0.05, 0.1) is 6.04 Å². The van der Waals surface area contributed by atoms with Gasteiger partial charge in [-0.1, -0.05) is 62.3 Å². The molecule has 104 valence electrons. The van der Waals surface area contributed by atoms with Crippen molar-refractivity contribution in [3.8, 4) is 0 Å². The van der Waals surface area contributed by atoms with Gasteiger partial charge in [-0.05, 0) is 24.6 Å². The number of benzene rings is 1. The van der Waals surface area contributed by atoms with Crippen LogP contribution in [0.25, 0.3) is 0 Å². The van der Waals surface area contributed by atoms with E-state index in [1.54, 1.807) is 4.90 Å². The number of hydrogen-bond donors (Lipinski definition) is 0. The monoisotopic (exact) mass is 267 g/mol. The molecule has 0 N–H and O–H groups in total. The Bertz CT molecular complexity index is 513. The standard InChI is InChI=1S/C18H21NO/c1-2-3-4-8-13-17-14-9-10-15-19(17)18(20)16-11-6-5-7-12-16/h5-15,17H,2-4H2,1H3/b13-8+. The molecule has 1 unspecified atom stereocenters. The molecule has 0 bridgehead atoms. The molecule has 1 aliphatic rings. The number of nitrogens with zero attached hydrogens (tertiary/aromatic N) is 1. The van der Waals surface area contributed by atoms with Gasteiger partial charge in [0.25, 0.3) is 5.91 Å². The fourth-order valence-corrected chi connectivity index (χ4v) is 2.16. The maximum Gasteiger partial charge on any atom is 0.258 e. The van der Waals surface area contributed by atoms with E-state index in [1.807, 2.05) is 54.8 Å². The first-order chi connectivity index (χ1) is 9.83. The average Bonchev–Trinajstić information content (AvgIpc) is 2.52. The van der Waals surface area contributed by atoms with Crippen LogP contribution < -0.4 is 0 Å². The van der Waals surface area contributed by atoms with Gasteiger partial charge in [-0.3, -0.25) is 4.79 Å². The Kier molecular flexibility index (Phi) is 5.36. The number of allylic oxidation sites excluding steroid dienone is 3. The highest BCUT2D eigenvalue weighted by Crippen LogP contribution is 2.15. The van der Waals surface area contributed by atoms with E-state index in [1.165, 1.54) is 12.8 Å². The molecule has 1 amide bonds. The molecule has 0 radical (unpaired) electrons. The average molecular weight is 267 g/mol. The lowest BCUT2D eigenvalue weighted by atomic mass is 10.1. The second-order valence-electron chi connectivity index (χ2n) is 4.87. The molecule has 0 spiro atoms.